The summed E-state index contributed by atoms with van der Waals surface area (Å²) in [4.78, 5) is 29.2. The van der Waals surface area contributed by atoms with Crippen LogP contribution in [0.1, 0.15) is 39.7 Å². The van der Waals surface area contributed by atoms with Crippen LogP contribution < -0.4 is 23.8 Å². The molecule has 0 aromatic heterocycles. The molecule has 0 aliphatic heterocycles. The third-order valence-corrected chi connectivity index (χ3v) is 8.43. The Kier molecular flexibility index (Phi) is 11.0. The summed E-state index contributed by atoms with van der Waals surface area (Å²) in [6.07, 6.45) is 0.303. The molecule has 2 amide bonds. The molecular formula is C32H41N3O7S. The van der Waals surface area contributed by atoms with E-state index < -0.39 is 34.1 Å². The molecular weight excluding hydrogens is 570 g/mol. The molecule has 0 fully saturated rings. The Labute approximate surface area is 254 Å². The van der Waals surface area contributed by atoms with Crippen molar-refractivity contribution >= 4 is 27.5 Å². The largest absolute Gasteiger partial charge is 0.497 e. The topological polar surface area (TPSA) is 114 Å². The summed E-state index contributed by atoms with van der Waals surface area (Å²) < 4.78 is 45.4. The molecule has 0 bridgehead atoms. The van der Waals surface area contributed by atoms with Crippen molar-refractivity contribution in [3.05, 3.63) is 78.4 Å². The zero-order chi connectivity index (χ0) is 31.8. The molecule has 0 saturated heterocycles. The highest BCUT2D eigenvalue weighted by atomic mass is 32.2. The minimum Gasteiger partial charge on any atom is -0.497 e. The first kappa shape index (κ1) is 33.3. The lowest BCUT2D eigenvalue weighted by Crippen LogP contribution is -2.55. The van der Waals surface area contributed by atoms with Gasteiger partial charge in [-0.3, -0.25) is 13.9 Å². The van der Waals surface area contributed by atoms with Crippen LogP contribution in [0.3, 0.4) is 0 Å². The molecule has 3 aromatic carbocycles. The van der Waals surface area contributed by atoms with Crippen LogP contribution in [-0.4, -0.2) is 64.6 Å². The van der Waals surface area contributed by atoms with Gasteiger partial charge in [-0.25, -0.2) is 8.42 Å². The first-order chi connectivity index (χ1) is 20.3. The normalized spacial score (nSPS) is 12.2. The Morgan fingerprint density at radius 3 is 2.00 bits per heavy atom. The van der Waals surface area contributed by atoms with Gasteiger partial charge in [-0.05, 0) is 69.2 Å². The van der Waals surface area contributed by atoms with Gasteiger partial charge in [0.2, 0.25) is 11.8 Å². The van der Waals surface area contributed by atoms with Crippen LogP contribution in [0.15, 0.2) is 77.7 Å². The van der Waals surface area contributed by atoms with E-state index in [1.165, 1.54) is 37.3 Å². The monoisotopic (exact) mass is 611 g/mol. The number of carbonyl (C=O) groups is 2. The van der Waals surface area contributed by atoms with Gasteiger partial charge in [0, 0.05) is 18.2 Å². The molecule has 43 heavy (non-hydrogen) atoms. The van der Waals surface area contributed by atoms with Crippen molar-refractivity contribution in [2.45, 2.75) is 57.1 Å². The Bertz CT molecular complexity index is 1490. The fraction of sp³-hybridized carbons (Fsp3) is 0.375. The zero-order valence-electron chi connectivity index (χ0n) is 25.8. The lowest BCUT2D eigenvalue weighted by atomic mass is 10.1. The van der Waals surface area contributed by atoms with E-state index in [-0.39, 0.29) is 28.8 Å². The molecule has 10 nitrogen and oxygen atoms in total. The maximum Gasteiger partial charge on any atom is 0.264 e. The number of sulfonamides is 1. The van der Waals surface area contributed by atoms with E-state index in [0.717, 1.165) is 9.87 Å². The number of hydrogen-bond acceptors (Lipinski definition) is 7. The lowest BCUT2D eigenvalue weighted by molar-refractivity contribution is -0.141. The highest BCUT2D eigenvalue weighted by Crippen LogP contribution is 2.36. The molecule has 232 valence electrons. The van der Waals surface area contributed by atoms with Gasteiger partial charge >= 0.3 is 0 Å². The van der Waals surface area contributed by atoms with E-state index in [1.54, 1.807) is 61.7 Å². The number of hydrogen-bond donors (Lipinski definition) is 1. The maximum atomic E-state index is 14.3. The second-order valence-corrected chi connectivity index (χ2v) is 12.8. The molecule has 3 aromatic rings. The quantitative estimate of drug-likeness (QED) is 0.300. The van der Waals surface area contributed by atoms with Crippen LogP contribution in [0.2, 0.25) is 0 Å². The third-order valence-electron chi connectivity index (χ3n) is 6.66. The van der Waals surface area contributed by atoms with Gasteiger partial charge < -0.3 is 24.4 Å². The van der Waals surface area contributed by atoms with Gasteiger partial charge in [0.05, 0.1) is 31.9 Å². The number of nitrogens with zero attached hydrogens (tertiary/aromatic N) is 2. The average molecular weight is 612 g/mol. The molecule has 0 heterocycles. The van der Waals surface area contributed by atoms with E-state index in [2.05, 4.69) is 5.32 Å². The lowest BCUT2D eigenvalue weighted by Gasteiger charge is -2.35. The summed E-state index contributed by atoms with van der Waals surface area (Å²) >= 11 is 0. The number of nitrogens with one attached hydrogen (secondary N) is 1. The molecule has 1 N–H and O–H groups in total. The van der Waals surface area contributed by atoms with Crippen molar-refractivity contribution in [3.8, 4) is 17.2 Å². The predicted molar refractivity (Wildman–Crippen MR) is 166 cm³/mol. The first-order valence-electron chi connectivity index (χ1n) is 13.9. The molecule has 0 unspecified atom stereocenters. The van der Waals surface area contributed by atoms with Gasteiger partial charge in [0.15, 0.2) is 0 Å². The van der Waals surface area contributed by atoms with E-state index in [0.29, 0.717) is 17.9 Å². The Hall–Kier alpha value is -4.25. The van der Waals surface area contributed by atoms with Gasteiger partial charge in [-0.1, -0.05) is 37.3 Å². The third kappa shape index (κ3) is 8.41. The Morgan fingerprint density at radius 2 is 1.47 bits per heavy atom. The summed E-state index contributed by atoms with van der Waals surface area (Å²) in [5.74, 6) is 0.337. The number of anilines is 1. The van der Waals surface area contributed by atoms with Crippen LogP contribution in [0, 0.1) is 0 Å². The van der Waals surface area contributed by atoms with Crippen LogP contribution >= 0.6 is 0 Å². The minimum atomic E-state index is -4.27. The second kappa shape index (κ2) is 14.3. The van der Waals surface area contributed by atoms with Crippen LogP contribution in [0.25, 0.3) is 0 Å². The smallest absolute Gasteiger partial charge is 0.264 e. The zero-order valence-corrected chi connectivity index (χ0v) is 26.6. The summed E-state index contributed by atoms with van der Waals surface area (Å²) in [7, 11) is 0.167. The highest BCUT2D eigenvalue weighted by molar-refractivity contribution is 7.92. The molecule has 0 saturated carbocycles. The fourth-order valence-corrected chi connectivity index (χ4v) is 5.96. The Morgan fingerprint density at radius 1 is 0.860 bits per heavy atom. The van der Waals surface area contributed by atoms with Gasteiger partial charge in [0.1, 0.15) is 29.8 Å². The van der Waals surface area contributed by atoms with Crippen LogP contribution in [-0.2, 0) is 26.2 Å². The SMILES string of the molecule is CC[C@@H](C(=O)NC(C)(C)C)N(Cc1ccc(OC)cc1)C(=O)CN(c1cc(OC)ccc1OC)S(=O)(=O)c1ccccc1. The number of carbonyl (C=O) groups excluding carboxylic acids is 2. The molecule has 0 spiro atoms. The number of rotatable bonds is 13. The van der Waals surface area contributed by atoms with E-state index >= 15 is 0 Å². The van der Waals surface area contributed by atoms with E-state index in [1.807, 2.05) is 27.7 Å². The summed E-state index contributed by atoms with van der Waals surface area (Å²) in [6, 6.07) is 18.8. The van der Waals surface area contributed by atoms with Crippen molar-refractivity contribution in [2.24, 2.45) is 0 Å². The van der Waals surface area contributed by atoms with E-state index in [9.17, 15) is 18.0 Å². The number of methoxy groups -OCH3 is 3. The van der Waals surface area contributed by atoms with Gasteiger partial charge in [0.25, 0.3) is 10.0 Å². The van der Waals surface area contributed by atoms with Crippen molar-refractivity contribution in [1.82, 2.24) is 10.2 Å². The molecule has 0 radical (unpaired) electrons. The van der Waals surface area contributed by atoms with Crippen molar-refractivity contribution in [2.75, 3.05) is 32.2 Å². The molecule has 0 aliphatic rings. The molecule has 1 atom stereocenters. The fourth-order valence-electron chi connectivity index (χ4n) is 4.52. The van der Waals surface area contributed by atoms with Crippen molar-refractivity contribution < 1.29 is 32.2 Å². The van der Waals surface area contributed by atoms with Gasteiger partial charge in [-0.2, -0.15) is 0 Å². The molecule has 0 aliphatic carbocycles. The second-order valence-electron chi connectivity index (χ2n) is 10.9. The summed E-state index contributed by atoms with van der Waals surface area (Å²) in [5.41, 5.74) is 0.318. The number of amides is 2. The number of ether oxygens (including phenoxy) is 3. The predicted octanol–water partition coefficient (Wildman–Crippen LogP) is 4.63. The average Bonchev–Trinajstić information content (AvgIpc) is 2.99. The summed E-state index contributed by atoms with van der Waals surface area (Å²) in [5, 5.41) is 2.96. The standard InChI is InChI=1S/C32H41N3O7S/c1-8-27(31(37)33-32(2,3)4)34(21-23-14-16-24(40-5)17-15-23)30(36)22-35(43(38,39)26-12-10-9-11-13-26)28-20-25(41-6)18-19-29(28)42-7/h9-20,27H,8,21-22H2,1-7H3,(H,33,37)/t27-/m0/s1. The van der Waals surface area contributed by atoms with Gasteiger partial charge in [-0.15, -0.1) is 0 Å². The Balaban J connectivity index is 2.14. The minimum absolute atomic E-state index is 0.00751. The molecule has 3 rings (SSSR count). The number of benzene rings is 3. The van der Waals surface area contributed by atoms with Crippen molar-refractivity contribution in [3.63, 3.8) is 0 Å². The molecule has 11 heteroatoms. The first-order valence-corrected chi connectivity index (χ1v) is 15.3. The van der Waals surface area contributed by atoms with Crippen LogP contribution in [0.5, 0.6) is 17.2 Å². The van der Waals surface area contributed by atoms with Crippen molar-refractivity contribution in [1.29, 1.82) is 0 Å². The summed E-state index contributed by atoms with van der Waals surface area (Å²) in [6.45, 7) is 6.85. The van der Waals surface area contributed by atoms with Crippen LogP contribution in [0.4, 0.5) is 5.69 Å². The van der Waals surface area contributed by atoms with E-state index in [4.69, 9.17) is 14.2 Å². The maximum absolute atomic E-state index is 14.3. The highest BCUT2D eigenvalue weighted by Gasteiger charge is 2.35.